The lowest BCUT2D eigenvalue weighted by Crippen LogP contribution is -2.08. The summed E-state index contributed by atoms with van der Waals surface area (Å²) >= 11 is 0. The molecular formula is C20H22O4. The second-order valence-corrected chi connectivity index (χ2v) is 5.90. The normalized spacial score (nSPS) is 11.8. The zero-order valence-corrected chi connectivity index (χ0v) is 14.0. The highest BCUT2D eigenvalue weighted by Crippen LogP contribution is 2.21. The summed E-state index contributed by atoms with van der Waals surface area (Å²) in [5.41, 5.74) is 2.59. The van der Waals surface area contributed by atoms with Gasteiger partial charge in [0.15, 0.2) is 0 Å². The van der Waals surface area contributed by atoms with Crippen molar-refractivity contribution in [2.24, 2.45) is 5.92 Å². The number of rotatable bonds is 7. The van der Waals surface area contributed by atoms with E-state index in [0.29, 0.717) is 18.1 Å². The summed E-state index contributed by atoms with van der Waals surface area (Å²) < 4.78 is 5.28. The number of carbonyl (C=O) groups excluding carboxylic acids is 1. The van der Waals surface area contributed by atoms with Gasteiger partial charge >= 0.3 is 11.9 Å². The minimum Gasteiger partial charge on any atom is -0.478 e. The Bertz CT molecular complexity index is 687. The van der Waals surface area contributed by atoms with Gasteiger partial charge in [-0.3, -0.25) is 0 Å². The molecule has 1 atom stereocenters. The lowest BCUT2D eigenvalue weighted by atomic mass is 10.0. The SMILES string of the molecule is CCC(C)CCOC(=O)c1ccc(-c2ccc(C(=O)O)cc2)cc1. The van der Waals surface area contributed by atoms with Gasteiger partial charge in [0.05, 0.1) is 17.7 Å². The van der Waals surface area contributed by atoms with Gasteiger partial charge in [0.25, 0.3) is 0 Å². The first-order valence-electron chi connectivity index (χ1n) is 8.12. The van der Waals surface area contributed by atoms with Crippen LogP contribution >= 0.6 is 0 Å². The first kappa shape index (κ1) is 17.7. The van der Waals surface area contributed by atoms with E-state index < -0.39 is 5.97 Å². The average molecular weight is 326 g/mol. The van der Waals surface area contributed by atoms with Crippen LogP contribution in [0.5, 0.6) is 0 Å². The largest absolute Gasteiger partial charge is 0.478 e. The molecule has 0 aliphatic carbocycles. The number of esters is 1. The van der Waals surface area contributed by atoms with E-state index in [1.54, 1.807) is 36.4 Å². The maximum Gasteiger partial charge on any atom is 0.338 e. The predicted molar refractivity (Wildman–Crippen MR) is 93.2 cm³/mol. The number of hydrogen-bond acceptors (Lipinski definition) is 3. The molecule has 0 fully saturated rings. The molecule has 4 heteroatoms. The number of carboxylic acid groups (broad SMARTS) is 1. The highest BCUT2D eigenvalue weighted by Gasteiger charge is 2.09. The highest BCUT2D eigenvalue weighted by molar-refractivity contribution is 5.90. The third kappa shape index (κ3) is 4.69. The minimum atomic E-state index is -0.947. The second-order valence-electron chi connectivity index (χ2n) is 5.90. The van der Waals surface area contributed by atoms with Gasteiger partial charge in [-0.05, 0) is 47.7 Å². The Labute approximate surface area is 142 Å². The van der Waals surface area contributed by atoms with E-state index >= 15 is 0 Å². The summed E-state index contributed by atoms with van der Waals surface area (Å²) in [6.07, 6.45) is 1.95. The van der Waals surface area contributed by atoms with Crippen molar-refractivity contribution in [3.8, 4) is 11.1 Å². The summed E-state index contributed by atoms with van der Waals surface area (Å²) in [6.45, 7) is 4.69. The number of carboxylic acids is 1. The molecule has 0 aliphatic heterocycles. The maximum absolute atomic E-state index is 12.0. The lowest BCUT2D eigenvalue weighted by molar-refractivity contribution is 0.0484. The molecule has 2 aromatic carbocycles. The van der Waals surface area contributed by atoms with Crippen LogP contribution in [-0.4, -0.2) is 23.7 Å². The van der Waals surface area contributed by atoms with Crippen molar-refractivity contribution in [2.75, 3.05) is 6.61 Å². The Morgan fingerprint density at radius 2 is 1.46 bits per heavy atom. The zero-order chi connectivity index (χ0) is 17.5. The highest BCUT2D eigenvalue weighted by atomic mass is 16.5. The number of benzene rings is 2. The van der Waals surface area contributed by atoms with Gasteiger partial charge < -0.3 is 9.84 Å². The number of aromatic carboxylic acids is 1. The summed E-state index contributed by atoms with van der Waals surface area (Å²) in [5.74, 6) is -0.711. The molecule has 24 heavy (non-hydrogen) atoms. The smallest absolute Gasteiger partial charge is 0.338 e. The van der Waals surface area contributed by atoms with Crippen molar-refractivity contribution in [3.05, 3.63) is 59.7 Å². The number of hydrogen-bond donors (Lipinski definition) is 1. The van der Waals surface area contributed by atoms with Crippen LogP contribution in [-0.2, 0) is 4.74 Å². The van der Waals surface area contributed by atoms with Crippen LogP contribution < -0.4 is 0 Å². The first-order chi connectivity index (χ1) is 11.5. The minimum absolute atomic E-state index is 0.250. The van der Waals surface area contributed by atoms with E-state index in [9.17, 15) is 9.59 Å². The Balaban J connectivity index is 1.99. The predicted octanol–water partition coefficient (Wildman–Crippen LogP) is 4.64. The van der Waals surface area contributed by atoms with Gasteiger partial charge in [-0.2, -0.15) is 0 Å². The Morgan fingerprint density at radius 1 is 0.958 bits per heavy atom. The molecule has 0 aromatic heterocycles. The van der Waals surface area contributed by atoms with E-state index in [0.717, 1.165) is 24.0 Å². The molecule has 0 heterocycles. The summed E-state index contributed by atoms with van der Waals surface area (Å²) in [7, 11) is 0. The average Bonchev–Trinajstić information content (AvgIpc) is 2.61. The lowest BCUT2D eigenvalue weighted by Gasteiger charge is -2.09. The second kappa shape index (κ2) is 8.29. The van der Waals surface area contributed by atoms with E-state index in [1.165, 1.54) is 0 Å². The standard InChI is InChI=1S/C20H22O4/c1-3-14(2)12-13-24-20(23)18-10-6-16(7-11-18)15-4-8-17(9-5-15)19(21)22/h4-11,14H,3,12-13H2,1-2H3,(H,21,22). The molecule has 1 N–H and O–H groups in total. The third-order valence-electron chi connectivity index (χ3n) is 4.13. The molecule has 4 nitrogen and oxygen atoms in total. The fourth-order valence-electron chi connectivity index (χ4n) is 2.24. The summed E-state index contributed by atoms with van der Waals surface area (Å²) in [4.78, 5) is 22.9. The number of carbonyl (C=O) groups is 2. The van der Waals surface area contributed by atoms with E-state index in [4.69, 9.17) is 9.84 Å². The van der Waals surface area contributed by atoms with Crippen LogP contribution in [0.4, 0.5) is 0 Å². The van der Waals surface area contributed by atoms with Crippen LogP contribution in [0.3, 0.4) is 0 Å². The quantitative estimate of drug-likeness (QED) is 0.753. The third-order valence-corrected chi connectivity index (χ3v) is 4.13. The van der Waals surface area contributed by atoms with Crippen LogP contribution in [0.2, 0.25) is 0 Å². The molecule has 0 radical (unpaired) electrons. The van der Waals surface area contributed by atoms with Crippen LogP contribution in [0.15, 0.2) is 48.5 Å². The van der Waals surface area contributed by atoms with Crippen LogP contribution in [0.25, 0.3) is 11.1 Å². The van der Waals surface area contributed by atoms with Gasteiger partial charge in [0.1, 0.15) is 0 Å². The van der Waals surface area contributed by atoms with Crippen molar-refractivity contribution >= 4 is 11.9 Å². The molecule has 0 saturated carbocycles. The van der Waals surface area contributed by atoms with Gasteiger partial charge in [-0.25, -0.2) is 9.59 Å². The van der Waals surface area contributed by atoms with E-state index in [2.05, 4.69) is 13.8 Å². The molecule has 1 unspecified atom stereocenters. The topological polar surface area (TPSA) is 63.6 Å². The summed E-state index contributed by atoms with van der Waals surface area (Å²) in [5, 5.41) is 8.91. The maximum atomic E-state index is 12.0. The first-order valence-corrected chi connectivity index (χ1v) is 8.12. The molecule has 2 aromatic rings. The molecule has 126 valence electrons. The van der Waals surface area contributed by atoms with Gasteiger partial charge in [0, 0.05) is 0 Å². The zero-order valence-electron chi connectivity index (χ0n) is 14.0. The van der Waals surface area contributed by atoms with E-state index in [1.807, 2.05) is 12.1 Å². The van der Waals surface area contributed by atoms with Gasteiger partial charge in [0.2, 0.25) is 0 Å². The Kier molecular flexibility index (Phi) is 6.13. The van der Waals surface area contributed by atoms with Crippen LogP contribution in [0, 0.1) is 5.92 Å². The van der Waals surface area contributed by atoms with E-state index in [-0.39, 0.29) is 11.5 Å². The van der Waals surface area contributed by atoms with Crippen molar-refractivity contribution in [1.29, 1.82) is 0 Å². The van der Waals surface area contributed by atoms with Gasteiger partial charge in [-0.1, -0.05) is 44.5 Å². The fourth-order valence-corrected chi connectivity index (χ4v) is 2.24. The monoisotopic (exact) mass is 326 g/mol. The molecule has 0 amide bonds. The molecular weight excluding hydrogens is 304 g/mol. The van der Waals surface area contributed by atoms with Crippen molar-refractivity contribution in [2.45, 2.75) is 26.7 Å². The Hall–Kier alpha value is -2.62. The molecule has 0 bridgehead atoms. The molecule has 0 aliphatic rings. The van der Waals surface area contributed by atoms with Crippen LogP contribution in [0.1, 0.15) is 47.4 Å². The summed E-state index contributed by atoms with van der Waals surface area (Å²) in [6, 6.07) is 13.8. The van der Waals surface area contributed by atoms with Crippen molar-refractivity contribution < 1.29 is 19.4 Å². The molecule has 2 rings (SSSR count). The van der Waals surface area contributed by atoms with Gasteiger partial charge in [-0.15, -0.1) is 0 Å². The van der Waals surface area contributed by atoms with Crippen molar-refractivity contribution in [1.82, 2.24) is 0 Å². The molecule has 0 spiro atoms. The van der Waals surface area contributed by atoms with Crippen molar-refractivity contribution in [3.63, 3.8) is 0 Å². The Morgan fingerprint density at radius 3 is 1.92 bits per heavy atom. The number of ether oxygens (including phenoxy) is 1. The molecule has 0 saturated heterocycles. The fraction of sp³-hybridized carbons (Fsp3) is 0.300.